The van der Waals surface area contributed by atoms with E-state index in [4.69, 9.17) is 52.1 Å². The van der Waals surface area contributed by atoms with Crippen LogP contribution >= 0.6 is 0 Å². The Labute approximate surface area is 485 Å². The highest BCUT2D eigenvalue weighted by atomic mass is 19.4. The van der Waals surface area contributed by atoms with Gasteiger partial charge in [-0.15, -0.1) is 0 Å². The summed E-state index contributed by atoms with van der Waals surface area (Å²) in [5.41, 5.74) is -1.06. The van der Waals surface area contributed by atoms with Gasteiger partial charge in [-0.1, -0.05) is 38.1 Å². The van der Waals surface area contributed by atoms with Crippen LogP contribution < -0.4 is 24.8 Å². The van der Waals surface area contributed by atoms with Crippen molar-refractivity contribution in [3.8, 4) is 23.0 Å². The Bertz CT molecular complexity index is 2840. The molecule has 3 N–H and O–H groups in total. The first-order valence-electron chi connectivity index (χ1n) is 26.8. The maximum absolute atomic E-state index is 13.4. The molecule has 4 aromatic rings. The van der Waals surface area contributed by atoms with E-state index in [1.807, 2.05) is 6.92 Å². The molecule has 2 fully saturated rings. The highest BCUT2D eigenvalue weighted by molar-refractivity contribution is 5.99. The Hall–Kier alpha value is -7.82. The van der Waals surface area contributed by atoms with Crippen molar-refractivity contribution in [3.63, 3.8) is 0 Å². The fourth-order valence-electron chi connectivity index (χ4n) is 8.69. The number of rotatable bonds is 21. The fourth-order valence-corrected chi connectivity index (χ4v) is 8.69. The molecule has 0 spiro atoms. The molecule has 0 saturated carbocycles. The van der Waals surface area contributed by atoms with Crippen LogP contribution in [-0.2, 0) is 82.3 Å². The minimum absolute atomic E-state index is 0.0212. The Morgan fingerprint density at radius 1 is 0.659 bits per heavy atom. The number of halogens is 6. The van der Waals surface area contributed by atoms with Crippen LogP contribution in [0.4, 0.5) is 26.3 Å². The number of aromatic hydroxyl groups is 1. The summed E-state index contributed by atoms with van der Waals surface area (Å²) >= 11 is 0. The van der Waals surface area contributed by atoms with E-state index in [9.17, 15) is 60.2 Å². The Morgan fingerprint density at radius 3 is 1.62 bits per heavy atom. The summed E-state index contributed by atoms with van der Waals surface area (Å²) in [5, 5.41) is 15.2. The number of nitrogens with zero attached hydrogens (tertiary/aromatic N) is 2. The Kier molecular flexibility index (Phi) is 26.0. The molecule has 4 heterocycles. The SMILES string of the molecule is CCCO[C@@H]1[C@@H](Cc2ccc(C(F)(F)F)cc2)COC[C@H](NC(=O)c2nccc(OC)c2O)C(=O)O[C@H]1C.CCOCC(=O)OCOc1c(OC)ccnc1C(=O)N[C@H]1COC[C@H](Cc2ccc(C(F)(F)F)cc2)[C@@H](OC(=O)CC)[C@H](C)OC1=O. The summed E-state index contributed by atoms with van der Waals surface area (Å²) in [6.45, 7) is 7.49. The minimum Gasteiger partial charge on any atom is -0.503 e. The van der Waals surface area contributed by atoms with Crippen molar-refractivity contribution < 1.29 is 112 Å². The third-order valence-corrected chi connectivity index (χ3v) is 13.0. The zero-order chi connectivity index (χ0) is 62.4. The molecule has 2 amide bonds. The molecule has 85 heavy (non-hydrogen) atoms. The molecule has 0 radical (unpaired) electrons. The number of hydrogen-bond acceptors (Lipinski definition) is 20. The van der Waals surface area contributed by atoms with Crippen LogP contribution in [0, 0.1) is 11.8 Å². The summed E-state index contributed by atoms with van der Waals surface area (Å²) in [4.78, 5) is 84.2. The quantitative estimate of drug-likeness (QED) is 0.0335. The molecule has 2 aliphatic heterocycles. The first kappa shape index (κ1) is 68.0. The second-order valence-electron chi connectivity index (χ2n) is 19.2. The molecule has 6 rings (SSSR count). The molecule has 0 unspecified atom stereocenters. The number of ether oxygens (including phenoxy) is 11. The van der Waals surface area contributed by atoms with E-state index in [0.717, 1.165) is 24.3 Å². The molecule has 2 saturated heterocycles. The number of benzene rings is 2. The van der Waals surface area contributed by atoms with E-state index < -0.39 is 114 Å². The zero-order valence-corrected chi connectivity index (χ0v) is 47.6. The summed E-state index contributed by atoms with van der Waals surface area (Å²) < 4.78 is 138. The predicted octanol–water partition coefficient (Wildman–Crippen LogP) is 6.80. The number of amides is 2. The fraction of sp³-hybridized carbons (Fsp3) is 0.509. The number of aromatic nitrogens is 2. The van der Waals surface area contributed by atoms with Gasteiger partial charge in [-0.3, -0.25) is 14.4 Å². The van der Waals surface area contributed by atoms with Crippen molar-refractivity contribution >= 4 is 35.7 Å². The average Bonchev–Trinajstić information content (AvgIpc) is 3.81. The lowest BCUT2D eigenvalue weighted by Crippen LogP contribution is -2.46. The van der Waals surface area contributed by atoms with E-state index in [1.54, 1.807) is 20.8 Å². The molecule has 2 aliphatic rings. The highest BCUT2D eigenvalue weighted by Gasteiger charge is 2.40. The number of esters is 4. The zero-order valence-electron chi connectivity index (χ0n) is 47.6. The van der Waals surface area contributed by atoms with Gasteiger partial charge in [0.1, 0.15) is 24.9 Å². The van der Waals surface area contributed by atoms with E-state index in [1.165, 1.54) is 69.9 Å². The van der Waals surface area contributed by atoms with Crippen molar-refractivity contribution in [2.24, 2.45) is 11.8 Å². The minimum atomic E-state index is -4.51. The van der Waals surface area contributed by atoms with Crippen molar-refractivity contribution in [1.82, 2.24) is 20.6 Å². The monoisotopic (exact) mass is 1210 g/mol. The van der Waals surface area contributed by atoms with Crippen LogP contribution in [0.2, 0.25) is 0 Å². The molecular weight excluding hydrogens is 1140 g/mol. The average molecular weight is 1210 g/mol. The summed E-state index contributed by atoms with van der Waals surface area (Å²) in [7, 11) is 2.64. The lowest BCUT2D eigenvalue weighted by Gasteiger charge is -2.30. The second-order valence-corrected chi connectivity index (χ2v) is 19.2. The molecule has 28 heteroatoms. The van der Waals surface area contributed by atoms with Gasteiger partial charge in [0, 0.05) is 56.0 Å². The topological polar surface area (TPSA) is 274 Å². The van der Waals surface area contributed by atoms with E-state index in [2.05, 4.69) is 20.6 Å². The number of pyridine rings is 2. The van der Waals surface area contributed by atoms with Crippen molar-refractivity contribution in [2.75, 3.05) is 67.3 Å². The number of hydrogen-bond donors (Lipinski definition) is 3. The Morgan fingerprint density at radius 2 is 1.14 bits per heavy atom. The third kappa shape index (κ3) is 20.2. The second kappa shape index (κ2) is 32.5. The number of carbonyl (C=O) groups is 6. The molecule has 2 aromatic heterocycles. The van der Waals surface area contributed by atoms with Gasteiger partial charge in [-0.2, -0.15) is 26.3 Å². The number of carbonyl (C=O) groups excluding carboxylic acids is 6. The summed E-state index contributed by atoms with van der Waals surface area (Å²) in [6.07, 6.45) is -8.67. The van der Waals surface area contributed by atoms with Gasteiger partial charge in [0.25, 0.3) is 11.8 Å². The summed E-state index contributed by atoms with van der Waals surface area (Å²) in [6, 6.07) is 9.57. The molecule has 22 nitrogen and oxygen atoms in total. The van der Waals surface area contributed by atoms with Crippen molar-refractivity contribution in [1.29, 1.82) is 0 Å². The van der Waals surface area contributed by atoms with Gasteiger partial charge >= 0.3 is 36.2 Å². The largest absolute Gasteiger partial charge is 0.503 e. The number of cyclic esters (lactones) is 2. The lowest BCUT2D eigenvalue weighted by atomic mass is 9.91. The Balaban J connectivity index is 0.000000318. The van der Waals surface area contributed by atoms with Gasteiger partial charge in [0.15, 0.2) is 46.5 Å². The first-order valence-corrected chi connectivity index (χ1v) is 26.8. The number of methoxy groups -OCH3 is 2. The van der Waals surface area contributed by atoms with Gasteiger partial charge < -0.3 is 67.8 Å². The van der Waals surface area contributed by atoms with Gasteiger partial charge in [-0.25, -0.2) is 24.4 Å². The molecule has 0 aliphatic carbocycles. The van der Waals surface area contributed by atoms with Crippen LogP contribution in [0.15, 0.2) is 73.1 Å². The maximum atomic E-state index is 13.4. The smallest absolute Gasteiger partial charge is 0.416 e. The van der Waals surface area contributed by atoms with Gasteiger partial charge in [-0.05, 0) is 75.4 Å². The molecule has 8 atom stereocenters. The normalized spacial score (nSPS) is 21.2. The van der Waals surface area contributed by atoms with Crippen LogP contribution in [0.25, 0.3) is 0 Å². The van der Waals surface area contributed by atoms with Gasteiger partial charge in [0.05, 0.1) is 57.9 Å². The first-order chi connectivity index (χ1) is 40.4. The van der Waals surface area contributed by atoms with Crippen molar-refractivity contribution in [2.45, 2.75) is 109 Å². The predicted molar refractivity (Wildman–Crippen MR) is 284 cm³/mol. The molecular formula is C57H68F6N4O18. The number of nitrogens with one attached hydrogen (secondary N) is 2. The van der Waals surface area contributed by atoms with Crippen LogP contribution in [-0.4, -0.2) is 155 Å². The third-order valence-electron chi connectivity index (χ3n) is 13.0. The molecule has 0 bridgehead atoms. The van der Waals surface area contributed by atoms with Crippen molar-refractivity contribution in [3.05, 3.63) is 107 Å². The summed E-state index contributed by atoms with van der Waals surface area (Å²) in [5.74, 6) is -6.22. The maximum Gasteiger partial charge on any atom is 0.416 e. The van der Waals surface area contributed by atoms with Crippen LogP contribution in [0.5, 0.6) is 23.0 Å². The van der Waals surface area contributed by atoms with Gasteiger partial charge in [0.2, 0.25) is 6.79 Å². The standard InChI is InChI=1S/C31H37F3N2O11.C26H31F3N2O7/c1-5-24(37)47-27-18(3)46-30(40)22(15-43-14-20(27)13-19-7-9-21(10-8-19)31(32,33)34)36-29(39)26-28(23(41-4)11-12-35-26)45-17-44-25(38)16-42-6-2;1-4-11-37-23-15(2)38-25(34)19(31-24(33)21-22(32)20(35-3)9-10-30-21)14-36-13-17(23)12-16-5-7-18(8-6-16)26(27,28)29/h7-12,18,20,22,27H,5-6,13-17H2,1-4H3,(H,36,39);5-10,15,17,19,23,32H,4,11-14H2,1-3H3,(H,31,33)/t18-,20-,22-,27-;15-,17-,19-,23-/m00/s1. The van der Waals surface area contributed by atoms with Crippen LogP contribution in [0.3, 0.4) is 0 Å². The van der Waals surface area contributed by atoms with E-state index in [0.29, 0.717) is 37.2 Å². The molecule has 2 aromatic carbocycles. The van der Waals surface area contributed by atoms with E-state index >= 15 is 0 Å². The van der Waals surface area contributed by atoms with Crippen LogP contribution in [0.1, 0.15) is 90.7 Å². The highest BCUT2D eigenvalue weighted by Crippen LogP contribution is 2.34. The lowest BCUT2D eigenvalue weighted by molar-refractivity contribution is -0.171. The number of alkyl halides is 6. The van der Waals surface area contributed by atoms with E-state index in [-0.39, 0.29) is 80.4 Å². The molecule has 466 valence electrons.